The number of fused-ring (bicyclic) bond motifs is 5. The number of rotatable bonds is 1. The number of methoxy groups -OCH3 is 1. The smallest absolute Gasteiger partial charge is 0.312 e. The van der Waals surface area contributed by atoms with E-state index in [0.29, 0.717) is 18.3 Å². The quantitative estimate of drug-likeness (QED) is 0.729. The third-order valence-corrected chi connectivity index (χ3v) is 8.74. The summed E-state index contributed by atoms with van der Waals surface area (Å²) in [5, 5.41) is 11.3. The van der Waals surface area contributed by atoms with E-state index < -0.39 is 11.5 Å². The Bertz CT molecular complexity index is 722. The van der Waals surface area contributed by atoms with Crippen LogP contribution in [0.5, 0.6) is 0 Å². The van der Waals surface area contributed by atoms with Gasteiger partial charge in [-0.05, 0) is 68.4 Å². The number of ether oxygens (including phenoxy) is 1. The van der Waals surface area contributed by atoms with Crippen LogP contribution < -0.4 is 0 Å². The van der Waals surface area contributed by atoms with Crippen LogP contribution in [0.2, 0.25) is 0 Å². The van der Waals surface area contributed by atoms with E-state index in [-0.39, 0.29) is 28.5 Å². The summed E-state index contributed by atoms with van der Waals surface area (Å²) >= 11 is 0. The van der Waals surface area contributed by atoms with Gasteiger partial charge < -0.3 is 9.84 Å². The third kappa shape index (κ3) is 2.05. The molecule has 0 saturated heterocycles. The first kappa shape index (κ1) is 18.0. The Balaban J connectivity index is 1.75. The van der Waals surface area contributed by atoms with Crippen molar-refractivity contribution in [1.29, 1.82) is 0 Å². The average molecular weight is 358 g/mol. The van der Waals surface area contributed by atoms with Gasteiger partial charge in [0.15, 0.2) is 5.78 Å². The van der Waals surface area contributed by atoms with Crippen LogP contribution in [0.1, 0.15) is 52.9 Å². The predicted molar refractivity (Wildman–Crippen MR) is 98.1 cm³/mol. The zero-order chi connectivity index (χ0) is 18.9. The predicted octanol–water partition coefficient (Wildman–Crippen LogP) is 3.44. The largest absolute Gasteiger partial charge is 0.469 e. The van der Waals surface area contributed by atoms with Crippen molar-refractivity contribution in [3.8, 4) is 0 Å². The Hall–Kier alpha value is -1.42. The van der Waals surface area contributed by atoms with Crippen LogP contribution in [0.3, 0.4) is 0 Å². The Morgan fingerprint density at radius 1 is 1.27 bits per heavy atom. The molecule has 0 aromatic rings. The average Bonchev–Trinajstić information content (AvgIpc) is 2.86. The highest BCUT2D eigenvalue weighted by molar-refractivity contribution is 6.01. The van der Waals surface area contributed by atoms with Crippen molar-refractivity contribution < 1.29 is 19.4 Å². The number of carbonyl (C=O) groups is 2. The molecule has 26 heavy (non-hydrogen) atoms. The first-order chi connectivity index (χ1) is 12.2. The molecule has 0 aromatic heterocycles. The van der Waals surface area contributed by atoms with Crippen LogP contribution in [-0.2, 0) is 14.3 Å². The lowest BCUT2D eigenvalue weighted by Crippen LogP contribution is -2.58. The van der Waals surface area contributed by atoms with Gasteiger partial charge in [0.25, 0.3) is 0 Å². The summed E-state index contributed by atoms with van der Waals surface area (Å²) in [6.45, 7) is 6.40. The summed E-state index contributed by atoms with van der Waals surface area (Å²) in [7, 11) is 1.47. The van der Waals surface area contributed by atoms with E-state index in [4.69, 9.17) is 4.74 Å². The van der Waals surface area contributed by atoms with Gasteiger partial charge in [0.2, 0.25) is 0 Å². The molecule has 0 radical (unpaired) electrons. The van der Waals surface area contributed by atoms with E-state index in [1.54, 1.807) is 12.2 Å². The number of hydrogen-bond donors (Lipinski definition) is 1. The third-order valence-electron chi connectivity index (χ3n) is 8.74. The highest BCUT2D eigenvalue weighted by Crippen LogP contribution is 2.69. The molecule has 3 fully saturated rings. The van der Waals surface area contributed by atoms with Crippen LogP contribution in [-0.4, -0.2) is 30.1 Å². The summed E-state index contributed by atoms with van der Waals surface area (Å²) in [5.41, 5.74) is 0.143. The lowest BCUT2D eigenvalue weighted by Gasteiger charge is -2.59. The molecule has 4 heteroatoms. The second-order valence-corrected chi connectivity index (χ2v) is 9.57. The Kier molecular flexibility index (Phi) is 3.83. The number of ketones is 1. The van der Waals surface area contributed by atoms with E-state index in [0.717, 1.165) is 25.7 Å². The monoisotopic (exact) mass is 358 g/mol. The van der Waals surface area contributed by atoms with E-state index >= 15 is 0 Å². The number of carbonyl (C=O) groups excluding carboxylic acids is 2. The van der Waals surface area contributed by atoms with Gasteiger partial charge >= 0.3 is 5.97 Å². The van der Waals surface area contributed by atoms with Gasteiger partial charge in [0, 0.05) is 11.3 Å². The standard InChI is InChI=1S/C22H30O4/c1-20-9-7-14(23)11-13(20)5-6-15-16-8-10-21(2,19(25)26-4)22(16,3)12-17(24)18(15)20/h7,9,11,15-18,24H,5-6,8,10,12H2,1-4H3/t15?,16?,17-,18?,20-,21+,22-/m0/s1. The molecule has 0 amide bonds. The maximum atomic E-state index is 12.6. The fraction of sp³-hybridized carbons (Fsp3) is 0.727. The van der Waals surface area contributed by atoms with Gasteiger partial charge in [-0.1, -0.05) is 25.5 Å². The van der Waals surface area contributed by atoms with Crippen LogP contribution in [0.4, 0.5) is 0 Å². The van der Waals surface area contributed by atoms with Crippen molar-refractivity contribution in [2.75, 3.05) is 7.11 Å². The SMILES string of the molecule is COC(=O)[C@@]1(C)CCC2C3CCC4=CC(=O)C=C[C@]4(C)C3[C@@H](O)C[C@@]21C. The van der Waals surface area contributed by atoms with Crippen molar-refractivity contribution >= 4 is 11.8 Å². The molecular weight excluding hydrogens is 328 g/mol. The van der Waals surface area contributed by atoms with Crippen LogP contribution in [0.25, 0.3) is 0 Å². The first-order valence-electron chi connectivity index (χ1n) is 9.88. The molecule has 1 N–H and O–H groups in total. The van der Waals surface area contributed by atoms with Crippen molar-refractivity contribution in [2.24, 2.45) is 34.0 Å². The molecule has 0 aliphatic heterocycles. The molecule has 7 atom stereocenters. The summed E-state index contributed by atoms with van der Waals surface area (Å²) < 4.78 is 5.16. The molecule has 0 heterocycles. The zero-order valence-corrected chi connectivity index (χ0v) is 16.2. The van der Waals surface area contributed by atoms with E-state index in [1.807, 2.05) is 13.0 Å². The second-order valence-electron chi connectivity index (χ2n) is 9.57. The molecule has 3 saturated carbocycles. The van der Waals surface area contributed by atoms with Gasteiger partial charge in [0.05, 0.1) is 18.6 Å². The second kappa shape index (κ2) is 5.54. The van der Waals surface area contributed by atoms with Crippen LogP contribution >= 0.6 is 0 Å². The molecular formula is C22H30O4. The summed E-state index contributed by atoms with van der Waals surface area (Å²) in [4.78, 5) is 24.5. The van der Waals surface area contributed by atoms with E-state index in [1.165, 1.54) is 12.7 Å². The summed E-state index contributed by atoms with van der Waals surface area (Å²) in [6, 6.07) is 0. The summed E-state index contributed by atoms with van der Waals surface area (Å²) in [6.07, 6.45) is 9.34. The van der Waals surface area contributed by atoms with Crippen molar-refractivity contribution in [2.45, 2.75) is 59.0 Å². The number of esters is 1. The molecule has 142 valence electrons. The fourth-order valence-corrected chi connectivity index (χ4v) is 7.13. The lowest BCUT2D eigenvalue weighted by molar-refractivity contribution is -0.172. The van der Waals surface area contributed by atoms with Crippen molar-refractivity contribution in [3.05, 3.63) is 23.8 Å². The minimum absolute atomic E-state index is 0.0604. The molecule has 4 nitrogen and oxygen atoms in total. The first-order valence-corrected chi connectivity index (χ1v) is 9.88. The van der Waals surface area contributed by atoms with Gasteiger partial charge in [0.1, 0.15) is 0 Å². The topological polar surface area (TPSA) is 63.6 Å². The van der Waals surface area contributed by atoms with Crippen LogP contribution in [0.15, 0.2) is 23.8 Å². The molecule has 0 spiro atoms. The van der Waals surface area contributed by atoms with E-state index in [2.05, 4.69) is 13.8 Å². The minimum atomic E-state index is -0.534. The Morgan fingerprint density at radius 3 is 2.69 bits per heavy atom. The van der Waals surface area contributed by atoms with Crippen molar-refractivity contribution in [3.63, 3.8) is 0 Å². The van der Waals surface area contributed by atoms with Crippen LogP contribution in [0, 0.1) is 34.0 Å². The normalized spacial score (nSPS) is 49.7. The molecule has 0 bridgehead atoms. The summed E-state index contributed by atoms with van der Waals surface area (Å²) in [5.74, 6) is 0.814. The number of allylic oxidation sites excluding steroid dienone is 4. The molecule has 4 aliphatic carbocycles. The molecule has 3 unspecified atom stereocenters. The van der Waals surface area contributed by atoms with Gasteiger partial charge in [-0.15, -0.1) is 0 Å². The lowest BCUT2D eigenvalue weighted by atomic mass is 9.45. The highest BCUT2D eigenvalue weighted by Gasteiger charge is 2.67. The fourth-order valence-electron chi connectivity index (χ4n) is 7.13. The minimum Gasteiger partial charge on any atom is -0.469 e. The number of aliphatic hydroxyl groups excluding tert-OH is 1. The van der Waals surface area contributed by atoms with Gasteiger partial charge in [-0.3, -0.25) is 9.59 Å². The molecule has 4 aliphatic rings. The molecule has 4 rings (SSSR count). The number of hydrogen-bond acceptors (Lipinski definition) is 4. The maximum absolute atomic E-state index is 12.6. The van der Waals surface area contributed by atoms with Gasteiger partial charge in [-0.2, -0.15) is 0 Å². The maximum Gasteiger partial charge on any atom is 0.312 e. The highest BCUT2D eigenvalue weighted by atomic mass is 16.5. The van der Waals surface area contributed by atoms with E-state index in [9.17, 15) is 14.7 Å². The zero-order valence-electron chi connectivity index (χ0n) is 16.2. The molecule has 0 aromatic carbocycles. The Labute approximate surface area is 155 Å². The Morgan fingerprint density at radius 2 is 2.00 bits per heavy atom. The van der Waals surface area contributed by atoms with Crippen molar-refractivity contribution in [1.82, 2.24) is 0 Å². The van der Waals surface area contributed by atoms with Gasteiger partial charge in [-0.25, -0.2) is 0 Å². The number of aliphatic hydroxyl groups is 1.